The highest BCUT2D eigenvalue weighted by Gasteiger charge is 2.26. The summed E-state index contributed by atoms with van der Waals surface area (Å²) in [6, 6.07) is 4.29. The molecule has 3 aromatic heterocycles. The van der Waals surface area contributed by atoms with Crippen LogP contribution in [0.25, 0.3) is 11.2 Å². The Balaban J connectivity index is 1.59. The third kappa shape index (κ3) is 2.56. The van der Waals surface area contributed by atoms with E-state index in [0.717, 1.165) is 43.1 Å². The number of fused-ring (bicyclic) bond motifs is 1. The van der Waals surface area contributed by atoms with Gasteiger partial charge >= 0.3 is 0 Å². The van der Waals surface area contributed by atoms with Crippen molar-refractivity contribution in [1.29, 1.82) is 0 Å². The molecule has 0 bridgehead atoms. The number of likely N-dealkylation sites (N-methyl/N-ethyl adjacent to an activating group) is 1. The maximum Gasteiger partial charge on any atom is 0.182 e. The van der Waals surface area contributed by atoms with Crippen LogP contribution in [-0.4, -0.2) is 56.3 Å². The summed E-state index contributed by atoms with van der Waals surface area (Å²) < 4.78 is 0. The predicted octanol–water partition coefficient (Wildman–Crippen LogP) is 1.25. The van der Waals surface area contributed by atoms with Gasteiger partial charge in [0.05, 0.1) is 6.33 Å². The molecule has 8 nitrogen and oxygen atoms in total. The van der Waals surface area contributed by atoms with E-state index in [-0.39, 0.29) is 0 Å². The molecule has 23 heavy (non-hydrogen) atoms. The van der Waals surface area contributed by atoms with E-state index in [4.69, 9.17) is 0 Å². The van der Waals surface area contributed by atoms with Gasteiger partial charge in [-0.25, -0.2) is 15.0 Å². The van der Waals surface area contributed by atoms with Crippen LogP contribution in [0.15, 0.2) is 31.0 Å². The number of piperidine rings is 1. The van der Waals surface area contributed by atoms with E-state index in [1.807, 2.05) is 12.1 Å². The Bertz CT molecular complexity index is 786. The lowest BCUT2D eigenvalue weighted by Gasteiger charge is -2.38. The zero-order chi connectivity index (χ0) is 15.6. The molecule has 3 aromatic rings. The van der Waals surface area contributed by atoms with E-state index < -0.39 is 0 Å². The van der Waals surface area contributed by atoms with Crippen LogP contribution in [0.2, 0.25) is 0 Å². The van der Waals surface area contributed by atoms with E-state index in [2.05, 4.69) is 47.0 Å². The van der Waals surface area contributed by atoms with Crippen molar-refractivity contribution >= 4 is 22.8 Å². The molecule has 0 aliphatic carbocycles. The molecule has 4 heterocycles. The molecule has 1 aliphatic rings. The van der Waals surface area contributed by atoms with Gasteiger partial charge in [0.2, 0.25) is 0 Å². The maximum atomic E-state index is 4.45. The number of nitrogens with one attached hydrogen (secondary N) is 1. The molecule has 1 fully saturated rings. The monoisotopic (exact) mass is 310 g/mol. The van der Waals surface area contributed by atoms with E-state index in [1.54, 1.807) is 18.9 Å². The number of hydrogen-bond acceptors (Lipinski definition) is 7. The second-order valence-corrected chi connectivity index (χ2v) is 5.73. The number of aromatic nitrogens is 6. The summed E-state index contributed by atoms with van der Waals surface area (Å²) in [4.78, 5) is 20.5. The van der Waals surface area contributed by atoms with Gasteiger partial charge in [-0.05, 0) is 25.0 Å². The van der Waals surface area contributed by atoms with E-state index in [1.165, 1.54) is 0 Å². The van der Waals surface area contributed by atoms with E-state index in [9.17, 15) is 0 Å². The molecule has 0 amide bonds. The van der Waals surface area contributed by atoms with E-state index in [0.29, 0.717) is 11.7 Å². The lowest BCUT2D eigenvalue weighted by atomic mass is 10.0. The molecule has 0 saturated carbocycles. The fraction of sp³-hybridized carbons (Fsp3) is 0.400. The van der Waals surface area contributed by atoms with E-state index >= 15 is 0 Å². The van der Waals surface area contributed by atoms with Gasteiger partial charge in [0.25, 0.3) is 0 Å². The first-order valence-corrected chi connectivity index (χ1v) is 7.72. The van der Waals surface area contributed by atoms with Crippen LogP contribution >= 0.6 is 0 Å². The molecule has 1 saturated heterocycles. The van der Waals surface area contributed by atoms with Crippen LogP contribution in [0.5, 0.6) is 0 Å². The smallest absolute Gasteiger partial charge is 0.182 e. The fourth-order valence-corrected chi connectivity index (χ4v) is 3.13. The molecule has 0 spiro atoms. The van der Waals surface area contributed by atoms with Crippen LogP contribution in [-0.2, 0) is 0 Å². The molecule has 1 atom stereocenters. The normalized spacial score (nSPS) is 18.3. The summed E-state index contributed by atoms with van der Waals surface area (Å²) in [6.07, 6.45) is 7.16. The maximum absolute atomic E-state index is 4.45. The van der Waals surface area contributed by atoms with Crippen molar-refractivity contribution in [3.05, 3.63) is 31.0 Å². The number of anilines is 2. The first-order chi connectivity index (χ1) is 11.3. The molecule has 118 valence electrons. The minimum Gasteiger partial charge on any atom is -0.353 e. The topological polar surface area (TPSA) is 86.7 Å². The van der Waals surface area contributed by atoms with Gasteiger partial charge in [-0.1, -0.05) is 0 Å². The lowest BCUT2D eigenvalue weighted by Crippen LogP contribution is -2.47. The van der Waals surface area contributed by atoms with Gasteiger partial charge in [0.15, 0.2) is 17.3 Å². The number of hydrogen-bond donors (Lipinski definition) is 1. The molecule has 8 heteroatoms. The molecule has 1 N–H and O–H groups in total. The first-order valence-electron chi connectivity index (χ1n) is 7.72. The molecular formula is C15H18N8. The summed E-state index contributed by atoms with van der Waals surface area (Å²) in [7, 11) is 2.08. The lowest BCUT2D eigenvalue weighted by molar-refractivity contribution is 0.483. The fourth-order valence-electron chi connectivity index (χ4n) is 3.13. The van der Waals surface area contributed by atoms with Crippen molar-refractivity contribution in [2.24, 2.45) is 0 Å². The quantitative estimate of drug-likeness (QED) is 0.779. The van der Waals surface area contributed by atoms with Gasteiger partial charge in [0.1, 0.15) is 11.8 Å². The second kappa shape index (κ2) is 5.79. The minimum atomic E-state index is 0.354. The van der Waals surface area contributed by atoms with Gasteiger partial charge in [-0.3, -0.25) is 0 Å². The summed E-state index contributed by atoms with van der Waals surface area (Å²) in [5.74, 6) is 1.82. The van der Waals surface area contributed by atoms with Crippen LogP contribution in [0, 0.1) is 0 Å². The largest absolute Gasteiger partial charge is 0.353 e. The minimum absolute atomic E-state index is 0.354. The Morgan fingerprint density at radius 2 is 2.26 bits per heavy atom. The number of rotatable bonds is 3. The van der Waals surface area contributed by atoms with Crippen LogP contribution in [0.4, 0.5) is 11.6 Å². The van der Waals surface area contributed by atoms with Crippen molar-refractivity contribution in [3.8, 4) is 0 Å². The standard InChI is InChI=1S/C15H18N8/c1-22(15-13-14(17-9-16-13)18-10-19-15)11-4-3-7-23(8-11)12-5-2-6-20-21-12/h2,5-6,9-11H,3-4,7-8H2,1H3,(H,16,17,18,19). The molecular weight excluding hydrogens is 292 g/mol. The van der Waals surface area contributed by atoms with Gasteiger partial charge < -0.3 is 14.8 Å². The predicted molar refractivity (Wildman–Crippen MR) is 87.4 cm³/mol. The SMILES string of the molecule is CN(c1ncnc2nc[nH]c12)C1CCCN(c2cccnn2)C1. The average molecular weight is 310 g/mol. The third-order valence-electron chi connectivity index (χ3n) is 4.36. The van der Waals surface area contributed by atoms with Crippen molar-refractivity contribution in [2.45, 2.75) is 18.9 Å². The van der Waals surface area contributed by atoms with Gasteiger partial charge in [0, 0.05) is 32.4 Å². The Morgan fingerprint density at radius 1 is 1.30 bits per heavy atom. The Hall–Kier alpha value is -2.77. The Morgan fingerprint density at radius 3 is 3.13 bits per heavy atom. The van der Waals surface area contributed by atoms with Crippen molar-refractivity contribution in [1.82, 2.24) is 30.1 Å². The summed E-state index contributed by atoms with van der Waals surface area (Å²) in [6.45, 7) is 1.90. The molecule has 0 radical (unpaired) electrons. The van der Waals surface area contributed by atoms with Crippen LogP contribution in [0.1, 0.15) is 12.8 Å². The zero-order valence-electron chi connectivity index (χ0n) is 12.9. The average Bonchev–Trinajstić information content (AvgIpc) is 3.11. The summed E-state index contributed by atoms with van der Waals surface area (Å²) >= 11 is 0. The van der Waals surface area contributed by atoms with Crippen LogP contribution in [0.3, 0.4) is 0 Å². The van der Waals surface area contributed by atoms with Crippen molar-refractivity contribution in [3.63, 3.8) is 0 Å². The van der Waals surface area contributed by atoms with Crippen molar-refractivity contribution < 1.29 is 0 Å². The molecule has 1 unspecified atom stereocenters. The molecule has 4 rings (SSSR count). The van der Waals surface area contributed by atoms with Crippen molar-refractivity contribution in [2.75, 3.05) is 29.9 Å². The third-order valence-corrected chi connectivity index (χ3v) is 4.36. The number of H-pyrrole nitrogens is 1. The second-order valence-electron chi connectivity index (χ2n) is 5.73. The number of aromatic amines is 1. The molecule has 0 aromatic carbocycles. The van der Waals surface area contributed by atoms with Gasteiger partial charge in [-0.2, -0.15) is 5.10 Å². The summed E-state index contributed by atoms with van der Waals surface area (Å²) in [5, 5.41) is 8.21. The number of nitrogens with zero attached hydrogens (tertiary/aromatic N) is 7. The molecule has 1 aliphatic heterocycles. The zero-order valence-corrected chi connectivity index (χ0v) is 12.9. The highest BCUT2D eigenvalue weighted by molar-refractivity contribution is 5.82. The Labute approximate surface area is 133 Å². The highest BCUT2D eigenvalue weighted by atomic mass is 15.3. The summed E-state index contributed by atoms with van der Waals surface area (Å²) in [5.41, 5.74) is 1.58. The Kier molecular flexibility index (Phi) is 3.49. The number of imidazole rings is 1. The van der Waals surface area contributed by atoms with Gasteiger partial charge in [-0.15, -0.1) is 5.10 Å². The first kappa shape index (κ1) is 13.9. The van der Waals surface area contributed by atoms with Crippen LogP contribution < -0.4 is 9.80 Å². The highest BCUT2D eigenvalue weighted by Crippen LogP contribution is 2.25.